The first-order valence-electron chi connectivity index (χ1n) is 10.5. The Morgan fingerprint density at radius 1 is 1.06 bits per heavy atom. The smallest absolute Gasteiger partial charge is 0.269 e. The molecule has 3 aromatic carbocycles. The SMILES string of the molecule is O=[N+]([O-])c1ccc(Cl)c([C@H]2Nc3ccc(S(=O)(=O)Nc4ccc(F)cc4)cc3[C@H]3C=CC[C@H]32)c1. The number of halogens is 2. The van der Waals surface area contributed by atoms with Crippen LogP contribution >= 0.6 is 11.6 Å². The molecular weight excluding hydrogens is 481 g/mol. The van der Waals surface area contributed by atoms with E-state index in [0.717, 1.165) is 11.3 Å². The van der Waals surface area contributed by atoms with Crippen molar-refractivity contribution in [2.75, 3.05) is 10.0 Å². The molecule has 0 spiro atoms. The monoisotopic (exact) mass is 499 g/mol. The molecule has 0 saturated heterocycles. The van der Waals surface area contributed by atoms with Crippen molar-refractivity contribution in [3.8, 4) is 0 Å². The molecule has 10 heteroatoms. The molecule has 0 unspecified atom stereocenters. The highest BCUT2D eigenvalue weighted by Crippen LogP contribution is 2.51. The zero-order valence-corrected chi connectivity index (χ0v) is 19.2. The second-order valence-corrected chi connectivity index (χ2v) is 10.4. The van der Waals surface area contributed by atoms with Crippen LogP contribution in [0.5, 0.6) is 0 Å². The van der Waals surface area contributed by atoms with Gasteiger partial charge in [0.25, 0.3) is 15.7 Å². The van der Waals surface area contributed by atoms with Gasteiger partial charge in [0.05, 0.1) is 15.9 Å². The fraction of sp³-hybridized carbons (Fsp3) is 0.167. The molecule has 0 bridgehead atoms. The third-order valence-electron chi connectivity index (χ3n) is 6.27. The van der Waals surface area contributed by atoms with Gasteiger partial charge in [0.1, 0.15) is 5.82 Å². The van der Waals surface area contributed by atoms with Crippen LogP contribution in [-0.2, 0) is 10.0 Å². The average Bonchev–Trinajstić information content (AvgIpc) is 3.30. The van der Waals surface area contributed by atoms with Crippen LogP contribution in [0, 0.1) is 21.8 Å². The number of rotatable bonds is 5. The lowest BCUT2D eigenvalue weighted by Gasteiger charge is -2.38. The normalized spacial score (nSPS) is 20.8. The summed E-state index contributed by atoms with van der Waals surface area (Å²) in [5.74, 6) is -0.534. The molecule has 2 aliphatic rings. The molecule has 34 heavy (non-hydrogen) atoms. The zero-order chi connectivity index (χ0) is 24.0. The number of anilines is 2. The number of hydrogen-bond acceptors (Lipinski definition) is 5. The van der Waals surface area contributed by atoms with E-state index in [0.29, 0.717) is 17.0 Å². The van der Waals surface area contributed by atoms with Crippen molar-refractivity contribution in [3.63, 3.8) is 0 Å². The first kappa shape index (κ1) is 22.4. The molecule has 5 rings (SSSR count). The fourth-order valence-corrected chi connectivity index (χ4v) is 5.99. The number of nitrogens with zero attached hydrogens (tertiary/aromatic N) is 1. The summed E-state index contributed by atoms with van der Waals surface area (Å²) in [5, 5.41) is 15.2. The molecular formula is C24H19ClFN3O4S. The molecule has 1 aliphatic carbocycles. The van der Waals surface area contributed by atoms with Gasteiger partial charge in [0, 0.05) is 40.0 Å². The Balaban J connectivity index is 1.50. The van der Waals surface area contributed by atoms with Gasteiger partial charge in [-0.1, -0.05) is 23.8 Å². The number of nitro groups is 1. The Bertz CT molecular complexity index is 1430. The number of nitrogens with one attached hydrogen (secondary N) is 2. The van der Waals surface area contributed by atoms with E-state index in [1.54, 1.807) is 12.1 Å². The van der Waals surface area contributed by atoms with E-state index in [9.17, 15) is 22.9 Å². The van der Waals surface area contributed by atoms with E-state index in [2.05, 4.69) is 10.0 Å². The van der Waals surface area contributed by atoms with Crippen molar-refractivity contribution in [1.29, 1.82) is 0 Å². The quantitative estimate of drug-likeness (QED) is 0.254. The number of benzene rings is 3. The van der Waals surface area contributed by atoms with Crippen molar-refractivity contribution in [2.45, 2.75) is 23.3 Å². The topological polar surface area (TPSA) is 101 Å². The molecule has 1 aliphatic heterocycles. The number of non-ortho nitro benzene ring substituents is 1. The first-order chi connectivity index (χ1) is 16.2. The van der Waals surface area contributed by atoms with Crippen molar-refractivity contribution in [3.05, 3.63) is 105 Å². The molecule has 3 atom stereocenters. The number of fused-ring (bicyclic) bond motifs is 3. The highest BCUT2D eigenvalue weighted by molar-refractivity contribution is 7.92. The molecule has 7 nitrogen and oxygen atoms in total. The van der Waals surface area contributed by atoms with Gasteiger partial charge in [-0.15, -0.1) is 0 Å². The third kappa shape index (κ3) is 4.01. The summed E-state index contributed by atoms with van der Waals surface area (Å²) in [6.45, 7) is 0. The van der Waals surface area contributed by atoms with Gasteiger partial charge < -0.3 is 5.32 Å². The minimum Gasteiger partial charge on any atom is -0.378 e. The van der Waals surface area contributed by atoms with Gasteiger partial charge in [-0.3, -0.25) is 14.8 Å². The zero-order valence-electron chi connectivity index (χ0n) is 17.6. The van der Waals surface area contributed by atoms with Crippen molar-refractivity contribution >= 4 is 38.7 Å². The van der Waals surface area contributed by atoms with Crippen molar-refractivity contribution < 1.29 is 17.7 Å². The summed E-state index contributed by atoms with van der Waals surface area (Å²) in [7, 11) is -3.90. The molecule has 0 fully saturated rings. The second kappa shape index (κ2) is 8.41. The summed E-state index contributed by atoms with van der Waals surface area (Å²) < 4.78 is 41.6. The number of sulfonamides is 1. The highest BCUT2D eigenvalue weighted by Gasteiger charge is 2.39. The minimum absolute atomic E-state index is 0.00927. The van der Waals surface area contributed by atoms with E-state index in [-0.39, 0.29) is 34.1 Å². The molecule has 0 aromatic heterocycles. The summed E-state index contributed by atoms with van der Waals surface area (Å²) >= 11 is 6.43. The Morgan fingerprint density at radius 2 is 1.82 bits per heavy atom. The lowest BCUT2D eigenvalue weighted by molar-refractivity contribution is -0.384. The standard InChI is InChI=1S/C24H19ClFN3O4S/c25-22-10-8-16(29(30)31)12-21(22)24-19-3-1-2-18(19)20-13-17(9-11-23(20)27-24)34(32,33)28-15-6-4-14(26)5-7-15/h1-2,4-13,18-19,24,27-28H,3H2/t18-,19+,24-/m0/s1. The summed E-state index contributed by atoms with van der Waals surface area (Å²) in [6.07, 6.45) is 4.78. The Morgan fingerprint density at radius 3 is 2.56 bits per heavy atom. The predicted octanol–water partition coefficient (Wildman–Crippen LogP) is 6.01. The van der Waals surface area contributed by atoms with E-state index >= 15 is 0 Å². The Hall–Kier alpha value is -3.43. The van der Waals surface area contributed by atoms with Crippen LogP contribution in [0.3, 0.4) is 0 Å². The molecule has 174 valence electrons. The lowest BCUT2D eigenvalue weighted by Crippen LogP contribution is -2.29. The molecule has 2 N–H and O–H groups in total. The largest absolute Gasteiger partial charge is 0.378 e. The maximum absolute atomic E-state index is 13.2. The number of nitro benzene ring substituents is 1. The van der Waals surface area contributed by atoms with Crippen LogP contribution in [0.4, 0.5) is 21.5 Å². The third-order valence-corrected chi connectivity index (χ3v) is 7.99. The van der Waals surface area contributed by atoms with Crippen LogP contribution in [-0.4, -0.2) is 13.3 Å². The van der Waals surface area contributed by atoms with E-state index in [4.69, 9.17) is 11.6 Å². The van der Waals surface area contributed by atoms with Gasteiger partial charge in [-0.2, -0.15) is 0 Å². The Kier molecular flexibility index (Phi) is 5.53. The van der Waals surface area contributed by atoms with Crippen LogP contribution in [0.15, 0.2) is 77.7 Å². The van der Waals surface area contributed by atoms with Gasteiger partial charge in [0.15, 0.2) is 0 Å². The molecule has 0 amide bonds. The van der Waals surface area contributed by atoms with Gasteiger partial charge in [-0.25, -0.2) is 12.8 Å². The number of allylic oxidation sites excluding steroid dienone is 2. The summed E-state index contributed by atoms with van der Waals surface area (Å²) in [4.78, 5) is 10.9. The van der Waals surface area contributed by atoms with Gasteiger partial charge >= 0.3 is 0 Å². The molecule has 3 aromatic rings. The minimum atomic E-state index is -3.90. The predicted molar refractivity (Wildman–Crippen MR) is 128 cm³/mol. The first-order valence-corrected chi connectivity index (χ1v) is 12.4. The molecule has 0 saturated carbocycles. The van der Waals surface area contributed by atoms with Crippen molar-refractivity contribution in [1.82, 2.24) is 0 Å². The van der Waals surface area contributed by atoms with Crippen LogP contribution in [0.1, 0.15) is 29.5 Å². The van der Waals surface area contributed by atoms with E-state index < -0.39 is 20.8 Å². The number of hydrogen-bond donors (Lipinski definition) is 2. The van der Waals surface area contributed by atoms with Gasteiger partial charge in [0.2, 0.25) is 0 Å². The van der Waals surface area contributed by atoms with E-state index in [1.165, 1.54) is 48.5 Å². The van der Waals surface area contributed by atoms with Crippen LogP contribution in [0.25, 0.3) is 0 Å². The average molecular weight is 500 g/mol. The molecule has 0 radical (unpaired) electrons. The van der Waals surface area contributed by atoms with Gasteiger partial charge in [-0.05, 0) is 66.4 Å². The maximum Gasteiger partial charge on any atom is 0.269 e. The van der Waals surface area contributed by atoms with Crippen LogP contribution in [0.2, 0.25) is 5.02 Å². The van der Waals surface area contributed by atoms with Crippen LogP contribution < -0.4 is 10.0 Å². The lowest BCUT2D eigenvalue weighted by atomic mass is 9.77. The summed E-state index contributed by atoms with van der Waals surface area (Å²) in [5.41, 5.74) is 2.41. The van der Waals surface area contributed by atoms with E-state index in [1.807, 2.05) is 12.2 Å². The fourth-order valence-electron chi connectivity index (χ4n) is 4.66. The molecule has 1 heterocycles. The maximum atomic E-state index is 13.2. The van der Waals surface area contributed by atoms with Crippen molar-refractivity contribution in [2.24, 2.45) is 5.92 Å². The second-order valence-electron chi connectivity index (χ2n) is 8.30. The Labute approximate surface area is 200 Å². The summed E-state index contributed by atoms with van der Waals surface area (Å²) in [6, 6.07) is 14.0. The highest BCUT2D eigenvalue weighted by atomic mass is 35.5.